The molecule has 1 rings (SSSR count). The van der Waals surface area contributed by atoms with Gasteiger partial charge in [-0.25, -0.2) is 13.1 Å². The van der Waals surface area contributed by atoms with Gasteiger partial charge in [-0.1, -0.05) is 0 Å². The Morgan fingerprint density at radius 3 is 2.53 bits per heavy atom. The van der Waals surface area contributed by atoms with Crippen LogP contribution in [0.5, 0.6) is 0 Å². The third kappa shape index (κ3) is 3.66. The van der Waals surface area contributed by atoms with Crippen LogP contribution in [0.15, 0.2) is 4.90 Å². The zero-order valence-corrected chi connectivity index (χ0v) is 12.3. The van der Waals surface area contributed by atoms with E-state index in [1.807, 2.05) is 0 Å². The number of methoxy groups -OCH3 is 2. The Hall–Kier alpha value is -1.16. The van der Waals surface area contributed by atoms with Gasteiger partial charge in [0.25, 0.3) is 0 Å². The van der Waals surface area contributed by atoms with Crippen molar-refractivity contribution >= 4 is 15.8 Å². The van der Waals surface area contributed by atoms with Crippen LogP contribution in [0.3, 0.4) is 0 Å². The normalized spacial score (nSPS) is 13.7. The maximum atomic E-state index is 12.2. The summed E-state index contributed by atoms with van der Waals surface area (Å²) in [7, 11) is 0.920. The summed E-state index contributed by atoms with van der Waals surface area (Å²) in [5, 5.41) is 3.88. The number of aryl methyl sites for hydroxylation is 1. The Kier molecular flexibility index (Phi) is 5.29. The molecule has 0 bridgehead atoms. The quantitative estimate of drug-likeness (QED) is 0.684. The van der Waals surface area contributed by atoms with Crippen LogP contribution < -0.4 is 10.5 Å². The summed E-state index contributed by atoms with van der Waals surface area (Å²) in [4.78, 5) is 0.00210. The van der Waals surface area contributed by atoms with E-state index in [1.165, 1.54) is 18.9 Å². The second kappa shape index (κ2) is 6.33. The summed E-state index contributed by atoms with van der Waals surface area (Å²) in [6.45, 7) is 2.03. The van der Waals surface area contributed by atoms with Crippen molar-refractivity contribution in [3.8, 4) is 0 Å². The van der Waals surface area contributed by atoms with Gasteiger partial charge in [0.05, 0.1) is 18.4 Å². The highest BCUT2D eigenvalue weighted by Crippen LogP contribution is 2.20. The van der Waals surface area contributed by atoms with Gasteiger partial charge in [-0.3, -0.25) is 4.68 Å². The highest BCUT2D eigenvalue weighted by Gasteiger charge is 2.25. The molecule has 1 aromatic heterocycles. The Labute approximate surface area is 112 Å². The van der Waals surface area contributed by atoms with Gasteiger partial charge in [0.1, 0.15) is 4.90 Å². The van der Waals surface area contributed by atoms with Gasteiger partial charge < -0.3 is 15.2 Å². The van der Waals surface area contributed by atoms with Crippen molar-refractivity contribution in [3.05, 3.63) is 5.69 Å². The number of hydrogen-bond donors (Lipinski definition) is 2. The summed E-state index contributed by atoms with van der Waals surface area (Å²) in [6, 6.07) is 0. The lowest BCUT2D eigenvalue weighted by atomic mass is 10.4. The van der Waals surface area contributed by atoms with Crippen LogP contribution in [0, 0.1) is 6.92 Å². The Morgan fingerprint density at radius 2 is 2.11 bits per heavy atom. The Morgan fingerprint density at radius 1 is 1.47 bits per heavy atom. The summed E-state index contributed by atoms with van der Waals surface area (Å²) >= 11 is 0. The van der Waals surface area contributed by atoms with Crippen molar-refractivity contribution in [2.24, 2.45) is 7.05 Å². The lowest BCUT2D eigenvalue weighted by Gasteiger charge is -2.15. The fraction of sp³-hybridized carbons (Fsp3) is 0.700. The number of nitrogens with one attached hydrogen (secondary N) is 1. The van der Waals surface area contributed by atoms with Gasteiger partial charge >= 0.3 is 0 Å². The van der Waals surface area contributed by atoms with E-state index in [1.54, 1.807) is 14.0 Å². The number of nitrogens with zero attached hydrogens (tertiary/aromatic N) is 2. The van der Waals surface area contributed by atoms with E-state index in [4.69, 9.17) is 15.2 Å². The zero-order valence-electron chi connectivity index (χ0n) is 11.5. The Bertz CT molecular complexity index is 526. The minimum atomic E-state index is -3.72. The number of aromatic nitrogens is 2. The third-order valence-electron chi connectivity index (χ3n) is 2.76. The molecule has 3 N–H and O–H groups in total. The van der Waals surface area contributed by atoms with E-state index in [0.717, 1.165) is 0 Å². The van der Waals surface area contributed by atoms with E-state index < -0.39 is 10.0 Å². The molecule has 0 fully saturated rings. The van der Waals surface area contributed by atoms with Crippen LogP contribution in [-0.2, 0) is 26.5 Å². The molecule has 0 radical (unpaired) electrons. The first kappa shape index (κ1) is 15.9. The summed E-state index contributed by atoms with van der Waals surface area (Å²) in [6.07, 6.45) is -0.363. The van der Waals surface area contributed by atoms with Gasteiger partial charge in [-0.05, 0) is 6.92 Å². The van der Waals surface area contributed by atoms with Gasteiger partial charge in [0.2, 0.25) is 10.0 Å². The molecule has 0 saturated heterocycles. The molecule has 8 nitrogen and oxygen atoms in total. The number of nitrogen functional groups attached to an aromatic ring is 1. The third-order valence-corrected chi connectivity index (χ3v) is 4.35. The predicted octanol–water partition coefficient (Wildman–Crippen LogP) is -0.750. The minimum absolute atomic E-state index is 0.00210. The zero-order chi connectivity index (χ0) is 14.6. The van der Waals surface area contributed by atoms with Crippen molar-refractivity contribution in [2.45, 2.75) is 17.9 Å². The first-order valence-electron chi connectivity index (χ1n) is 5.64. The molecular formula is C10H20N4O4S. The molecule has 0 aliphatic carbocycles. The van der Waals surface area contributed by atoms with E-state index in [-0.39, 0.29) is 23.4 Å². The van der Waals surface area contributed by atoms with Crippen LogP contribution in [0.1, 0.15) is 5.69 Å². The van der Waals surface area contributed by atoms with Crippen molar-refractivity contribution in [3.63, 3.8) is 0 Å². The van der Waals surface area contributed by atoms with Crippen molar-refractivity contribution in [1.82, 2.24) is 14.5 Å². The summed E-state index contributed by atoms with van der Waals surface area (Å²) in [5.41, 5.74) is 6.10. The lowest BCUT2D eigenvalue weighted by molar-refractivity contribution is 0.0320. The molecule has 0 aromatic carbocycles. The van der Waals surface area contributed by atoms with Crippen LogP contribution in [-0.4, -0.2) is 51.7 Å². The number of ether oxygens (including phenoxy) is 2. The monoisotopic (exact) mass is 292 g/mol. The number of anilines is 1. The summed E-state index contributed by atoms with van der Waals surface area (Å²) < 4.78 is 38.2. The standard InChI is InChI=1S/C10H20N4O4S/c1-7-9(10(11)13-14(7)2)19(15,16)12-5-8(18-4)6-17-3/h8,12H,5-6H2,1-4H3,(H2,11,13). The number of nitrogens with two attached hydrogens (primary N) is 1. The molecule has 0 aliphatic rings. The minimum Gasteiger partial charge on any atom is -0.382 e. The highest BCUT2D eigenvalue weighted by molar-refractivity contribution is 7.89. The fourth-order valence-electron chi connectivity index (χ4n) is 1.62. The van der Waals surface area contributed by atoms with Crippen LogP contribution in [0.25, 0.3) is 0 Å². The van der Waals surface area contributed by atoms with Gasteiger partial charge in [0, 0.05) is 27.8 Å². The molecule has 1 unspecified atom stereocenters. The number of rotatable bonds is 7. The molecule has 0 saturated carbocycles. The van der Waals surface area contributed by atoms with Gasteiger partial charge in [-0.15, -0.1) is 0 Å². The lowest BCUT2D eigenvalue weighted by Crippen LogP contribution is -2.36. The van der Waals surface area contributed by atoms with Crippen LogP contribution in [0.4, 0.5) is 5.82 Å². The molecule has 19 heavy (non-hydrogen) atoms. The molecule has 0 aliphatic heterocycles. The molecule has 9 heteroatoms. The largest absolute Gasteiger partial charge is 0.382 e. The van der Waals surface area contributed by atoms with E-state index in [0.29, 0.717) is 12.3 Å². The van der Waals surface area contributed by atoms with Crippen molar-refractivity contribution in [1.29, 1.82) is 0 Å². The van der Waals surface area contributed by atoms with Crippen LogP contribution in [0.2, 0.25) is 0 Å². The van der Waals surface area contributed by atoms with Gasteiger partial charge in [0.15, 0.2) is 5.82 Å². The van der Waals surface area contributed by atoms with E-state index in [2.05, 4.69) is 9.82 Å². The molecular weight excluding hydrogens is 272 g/mol. The van der Waals surface area contributed by atoms with Gasteiger partial charge in [-0.2, -0.15) is 5.10 Å². The first-order valence-corrected chi connectivity index (χ1v) is 7.12. The molecule has 1 atom stereocenters. The molecule has 0 spiro atoms. The SMILES string of the molecule is COCC(CNS(=O)(=O)c1c(N)nn(C)c1C)OC. The maximum absolute atomic E-state index is 12.2. The predicted molar refractivity (Wildman–Crippen MR) is 70.2 cm³/mol. The first-order chi connectivity index (χ1) is 8.83. The second-order valence-electron chi connectivity index (χ2n) is 4.09. The second-order valence-corrected chi connectivity index (χ2v) is 5.79. The molecule has 0 amide bonds. The van der Waals surface area contributed by atoms with Crippen LogP contribution >= 0.6 is 0 Å². The molecule has 110 valence electrons. The van der Waals surface area contributed by atoms with E-state index >= 15 is 0 Å². The Balaban J connectivity index is 2.87. The average molecular weight is 292 g/mol. The van der Waals surface area contributed by atoms with E-state index in [9.17, 15) is 8.42 Å². The topological polar surface area (TPSA) is 108 Å². The average Bonchev–Trinajstić information content (AvgIpc) is 2.59. The fourth-order valence-corrected chi connectivity index (χ4v) is 3.00. The number of hydrogen-bond acceptors (Lipinski definition) is 6. The molecule has 1 aromatic rings. The van der Waals surface area contributed by atoms with Crippen molar-refractivity contribution < 1.29 is 17.9 Å². The highest BCUT2D eigenvalue weighted by atomic mass is 32.2. The smallest absolute Gasteiger partial charge is 0.246 e. The maximum Gasteiger partial charge on any atom is 0.246 e. The number of sulfonamides is 1. The van der Waals surface area contributed by atoms with Crippen molar-refractivity contribution in [2.75, 3.05) is 33.1 Å². The molecule has 1 heterocycles. The summed E-state index contributed by atoms with van der Waals surface area (Å²) in [5.74, 6) is -0.0202.